The van der Waals surface area contributed by atoms with Gasteiger partial charge >= 0.3 is 0 Å². The molecule has 1 atom stereocenters. The molecular weight excluding hydrogens is 202 g/mol. The average Bonchev–Trinajstić information content (AvgIpc) is 2.34. The SMILES string of the molecule is CNC(c1cnc(C)cn1)C1CCOCC1. The van der Waals surface area contributed by atoms with Crippen LogP contribution in [0.25, 0.3) is 0 Å². The number of aryl methyl sites for hydroxylation is 1. The smallest absolute Gasteiger partial charge is 0.0759 e. The van der Waals surface area contributed by atoms with Crippen LogP contribution < -0.4 is 5.32 Å². The lowest BCUT2D eigenvalue weighted by molar-refractivity contribution is 0.0540. The van der Waals surface area contributed by atoms with Crippen molar-refractivity contribution in [3.63, 3.8) is 0 Å². The molecule has 1 aliphatic heterocycles. The zero-order valence-electron chi connectivity index (χ0n) is 9.94. The van der Waals surface area contributed by atoms with Gasteiger partial charge in [-0.3, -0.25) is 9.97 Å². The van der Waals surface area contributed by atoms with Crippen molar-refractivity contribution in [2.75, 3.05) is 20.3 Å². The minimum Gasteiger partial charge on any atom is -0.381 e. The zero-order valence-corrected chi connectivity index (χ0v) is 9.94. The van der Waals surface area contributed by atoms with Crippen LogP contribution in [-0.2, 0) is 4.74 Å². The first-order chi connectivity index (χ1) is 7.81. The third-order valence-electron chi connectivity index (χ3n) is 3.17. The number of hydrogen-bond acceptors (Lipinski definition) is 4. The zero-order chi connectivity index (χ0) is 11.4. The molecule has 0 bridgehead atoms. The van der Waals surface area contributed by atoms with E-state index in [2.05, 4.69) is 15.3 Å². The van der Waals surface area contributed by atoms with Crippen LogP contribution in [0, 0.1) is 12.8 Å². The van der Waals surface area contributed by atoms with Crippen molar-refractivity contribution in [1.82, 2.24) is 15.3 Å². The molecule has 0 aliphatic carbocycles. The van der Waals surface area contributed by atoms with Crippen molar-refractivity contribution in [2.24, 2.45) is 5.92 Å². The Morgan fingerprint density at radius 3 is 2.62 bits per heavy atom. The van der Waals surface area contributed by atoms with Gasteiger partial charge in [-0.05, 0) is 32.7 Å². The van der Waals surface area contributed by atoms with Crippen LogP contribution >= 0.6 is 0 Å². The van der Waals surface area contributed by atoms with Gasteiger partial charge in [0.05, 0.1) is 23.6 Å². The molecule has 1 aromatic rings. The second-order valence-corrected chi connectivity index (χ2v) is 4.30. The van der Waals surface area contributed by atoms with Gasteiger partial charge in [-0.2, -0.15) is 0 Å². The fourth-order valence-corrected chi connectivity index (χ4v) is 2.24. The normalized spacial score (nSPS) is 19.6. The second kappa shape index (κ2) is 5.37. The Morgan fingerprint density at radius 1 is 1.31 bits per heavy atom. The van der Waals surface area contributed by atoms with Gasteiger partial charge in [-0.1, -0.05) is 0 Å². The van der Waals surface area contributed by atoms with E-state index in [1.165, 1.54) is 0 Å². The van der Waals surface area contributed by atoms with Crippen molar-refractivity contribution in [3.05, 3.63) is 23.8 Å². The molecule has 1 aromatic heterocycles. The molecule has 0 radical (unpaired) electrons. The maximum absolute atomic E-state index is 5.39. The van der Waals surface area contributed by atoms with Gasteiger partial charge in [0.15, 0.2) is 0 Å². The summed E-state index contributed by atoms with van der Waals surface area (Å²) in [7, 11) is 1.99. The molecule has 1 unspecified atom stereocenters. The van der Waals surface area contributed by atoms with Crippen LogP contribution in [0.5, 0.6) is 0 Å². The molecule has 0 saturated carbocycles. The quantitative estimate of drug-likeness (QED) is 0.839. The molecule has 2 heterocycles. The van der Waals surface area contributed by atoms with Gasteiger partial charge in [0, 0.05) is 19.4 Å². The number of hydrogen-bond donors (Lipinski definition) is 1. The highest BCUT2D eigenvalue weighted by Gasteiger charge is 2.25. The fourth-order valence-electron chi connectivity index (χ4n) is 2.24. The summed E-state index contributed by atoms with van der Waals surface area (Å²) in [4.78, 5) is 8.77. The summed E-state index contributed by atoms with van der Waals surface area (Å²) in [5.74, 6) is 0.607. The van der Waals surface area contributed by atoms with E-state index in [1.807, 2.05) is 26.4 Å². The van der Waals surface area contributed by atoms with Crippen LogP contribution in [0.4, 0.5) is 0 Å². The third-order valence-corrected chi connectivity index (χ3v) is 3.17. The standard InChI is InChI=1S/C12H19N3O/c1-9-7-15-11(8-14-9)12(13-2)10-3-5-16-6-4-10/h7-8,10,12-13H,3-6H2,1-2H3. The first kappa shape index (κ1) is 11.5. The van der Waals surface area contributed by atoms with E-state index in [9.17, 15) is 0 Å². The summed E-state index contributed by atoms with van der Waals surface area (Å²) >= 11 is 0. The molecule has 16 heavy (non-hydrogen) atoms. The Labute approximate surface area is 96.4 Å². The summed E-state index contributed by atoms with van der Waals surface area (Å²) in [5, 5.41) is 3.35. The van der Waals surface area contributed by atoms with Crippen LogP contribution in [0.2, 0.25) is 0 Å². The van der Waals surface area contributed by atoms with E-state index in [1.54, 1.807) is 0 Å². The van der Waals surface area contributed by atoms with Crippen molar-refractivity contribution in [3.8, 4) is 0 Å². The molecule has 1 aliphatic rings. The highest BCUT2D eigenvalue weighted by atomic mass is 16.5. The molecule has 1 saturated heterocycles. The number of nitrogens with zero attached hydrogens (tertiary/aromatic N) is 2. The van der Waals surface area contributed by atoms with Crippen LogP contribution in [0.3, 0.4) is 0 Å². The molecule has 4 heteroatoms. The first-order valence-electron chi connectivity index (χ1n) is 5.85. The van der Waals surface area contributed by atoms with Gasteiger partial charge in [-0.25, -0.2) is 0 Å². The third kappa shape index (κ3) is 2.57. The summed E-state index contributed by atoms with van der Waals surface area (Å²) in [6, 6.07) is 0.303. The maximum atomic E-state index is 5.39. The Kier molecular flexibility index (Phi) is 3.85. The van der Waals surface area contributed by atoms with Gasteiger partial charge in [0.2, 0.25) is 0 Å². The molecule has 0 spiro atoms. The topological polar surface area (TPSA) is 47.0 Å². The number of aromatic nitrogens is 2. The maximum Gasteiger partial charge on any atom is 0.0759 e. The van der Waals surface area contributed by atoms with E-state index < -0.39 is 0 Å². The highest BCUT2D eigenvalue weighted by molar-refractivity contribution is 5.07. The predicted molar refractivity (Wildman–Crippen MR) is 62.1 cm³/mol. The van der Waals surface area contributed by atoms with Crippen molar-refractivity contribution in [2.45, 2.75) is 25.8 Å². The van der Waals surface area contributed by atoms with Crippen molar-refractivity contribution in [1.29, 1.82) is 0 Å². The summed E-state index contributed by atoms with van der Waals surface area (Å²) in [5.41, 5.74) is 2.01. The van der Waals surface area contributed by atoms with E-state index in [-0.39, 0.29) is 0 Å². The minimum atomic E-state index is 0.303. The van der Waals surface area contributed by atoms with Crippen LogP contribution in [-0.4, -0.2) is 30.2 Å². The Morgan fingerprint density at radius 2 is 2.06 bits per heavy atom. The van der Waals surface area contributed by atoms with Crippen LogP contribution in [0.15, 0.2) is 12.4 Å². The molecule has 2 rings (SSSR count). The monoisotopic (exact) mass is 221 g/mol. The van der Waals surface area contributed by atoms with Gasteiger partial charge < -0.3 is 10.1 Å². The van der Waals surface area contributed by atoms with Gasteiger partial charge in [0.25, 0.3) is 0 Å². The molecular formula is C12H19N3O. The van der Waals surface area contributed by atoms with Crippen molar-refractivity contribution >= 4 is 0 Å². The van der Waals surface area contributed by atoms with Crippen molar-refractivity contribution < 1.29 is 4.74 Å². The largest absolute Gasteiger partial charge is 0.381 e. The fraction of sp³-hybridized carbons (Fsp3) is 0.667. The van der Waals surface area contributed by atoms with Crippen LogP contribution in [0.1, 0.15) is 30.3 Å². The first-order valence-corrected chi connectivity index (χ1v) is 5.85. The highest BCUT2D eigenvalue weighted by Crippen LogP contribution is 2.28. The molecule has 1 fully saturated rings. The predicted octanol–water partition coefficient (Wildman–Crippen LogP) is 1.47. The van der Waals surface area contributed by atoms with E-state index in [0.29, 0.717) is 12.0 Å². The van der Waals surface area contributed by atoms with E-state index in [0.717, 1.165) is 37.4 Å². The lowest BCUT2D eigenvalue weighted by Gasteiger charge is -2.29. The minimum absolute atomic E-state index is 0.303. The second-order valence-electron chi connectivity index (χ2n) is 4.30. The number of ether oxygens (including phenoxy) is 1. The molecule has 1 N–H and O–H groups in total. The average molecular weight is 221 g/mol. The van der Waals surface area contributed by atoms with Gasteiger partial charge in [-0.15, -0.1) is 0 Å². The summed E-state index contributed by atoms with van der Waals surface area (Å²) in [6.45, 7) is 3.68. The van der Waals surface area contributed by atoms with Gasteiger partial charge in [0.1, 0.15) is 0 Å². The number of rotatable bonds is 3. The Bertz CT molecular complexity index is 320. The van der Waals surface area contributed by atoms with E-state index in [4.69, 9.17) is 4.74 Å². The molecule has 88 valence electrons. The number of nitrogens with one attached hydrogen (secondary N) is 1. The lowest BCUT2D eigenvalue weighted by atomic mass is 9.90. The summed E-state index contributed by atoms with van der Waals surface area (Å²) in [6.07, 6.45) is 5.91. The lowest BCUT2D eigenvalue weighted by Crippen LogP contribution is -2.30. The molecule has 4 nitrogen and oxygen atoms in total. The Balaban J connectivity index is 2.11. The molecule has 0 amide bonds. The molecule has 0 aromatic carbocycles. The summed E-state index contributed by atoms with van der Waals surface area (Å²) < 4.78 is 5.39. The van der Waals surface area contributed by atoms with E-state index >= 15 is 0 Å². The Hall–Kier alpha value is -1.00.